The molecule has 0 saturated carbocycles. The Kier molecular flexibility index (Phi) is 4.61. The van der Waals surface area contributed by atoms with Gasteiger partial charge in [-0.2, -0.15) is 4.99 Å². The highest BCUT2D eigenvalue weighted by Gasteiger charge is 2.11. The first-order valence-corrected chi connectivity index (χ1v) is 8.94. The van der Waals surface area contributed by atoms with Crippen LogP contribution in [0.5, 0.6) is 0 Å². The number of fused-ring (bicyclic) bond motifs is 1. The Balaban J connectivity index is 2.02. The van der Waals surface area contributed by atoms with Gasteiger partial charge in [-0.3, -0.25) is 4.79 Å². The smallest absolute Gasteiger partial charge is 0.252 e. The van der Waals surface area contributed by atoms with Gasteiger partial charge in [0.15, 0.2) is 4.80 Å². The summed E-state index contributed by atoms with van der Waals surface area (Å²) in [5.74, 6) is -0.139. The molecule has 2 aromatic carbocycles. The van der Waals surface area contributed by atoms with E-state index in [1.807, 2.05) is 50.6 Å². The Morgan fingerprint density at radius 2 is 1.88 bits per heavy atom. The minimum absolute atomic E-state index is 0.139. The first kappa shape index (κ1) is 16.9. The van der Waals surface area contributed by atoms with E-state index >= 15 is 0 Å². The predicted molar refractivity (Wildman–Crippen MR) is 101 cm³/mol. The summed E-state index contributed by atoms with van der Waals surface area (Å²) in [5.41, 5.74) is 5.45. The van der Waals surface area contributed by atoms with Crippen molar-refractivity contribution in [2.75, 3.05) is 0 Å². The molecule has 3 rings (SSSR count). The first-order valence-electron chi connectivity index (χ1n) is 7.75. The number of halogens is 1. The molecule has 3 aromatic rings. The maximum absolute atomic E-state index is 12.4. The fourth-order valence-corrected chi connectivity index (χ4v) is 4.20. The fourth-order valence-electron chi connectivity index (χ4n) is 2.81. The van der Waals surface area contributed by atoms with Gasteiger partial charge in [-0.1, -0.05) is 52.8 Å². The van der Waals surface area contributed by atoms with Crippen molar-refractivity contribution in [1.82, 2.24) is 4.57 Å². The van der Waals surface area contributed by atoms with Crippen LogP contribution < -0.4 is 4.80 Å². The molecule has 0 spiro atoms. The van der Waals surface area contributed by atoms with Crippen LogP contribution in [0, 0.1) is 20.8 Å². The predicted octanol–water partition coefficient (Wildman–Crippen LogP) is 4.49. The minimum atomic E-state index is -0.139. The van der Waals surface area contributed by atoms with Crippen LogP contribution >= 0.6 is 22.9 Å². The van der Waals surface area contributed by atoms with E-state index in [4.69, 9.17) is 11.6 Å². The van der Waals surface area contributed by atoms with Crippen LogP contribution in [0.3, 0.4) is 0 Å². The number of carbonyl (C=O) groups is 1. The van der Waals surface area contributed by atoms with E-state index < -0.39 is 0 Å². The number of carbonyl (C=O) groups excluding carboxylic acids is 1. The zero-order valence-corrected chi connectivity index (χ0v) is 15.8. The van der Waals surface area contributed by atoms with Gasteiger partial charge in [0.2, 0.25) is 0 Å². The van der Waals surface area contributed by atoms with E-state index in [0.717, 1.165) is 32.5 Å². The summed E-state index contributed by atoms with van der Waals surface area (Å²) in [4.78, 5) is 17.4. The quantitative estimate of drug-likeness (QED) is 0.664. The second-order valence-corrected chi connectivity index (χ2v) is 7.48. The van der Waals surface area contributed by atoms with Crippen molar-refractivity contribution in [2.45, 2.75) is 27.2 Å². The molecule has 124 valence electrons. The highest BCUT2D eigenvalue weighted by molar-refractivity contribution is 7.17. The summed E-state index contributed by atoms with van der Waals surface area (Å²) < 4.78 is 2.92. The van der Waals surface area contributed by atoms with Crippen LogP contribution in [0.1, 0.15) is 22.3 Å². The van der Waals surface area contributed by atoms with Gasteiger partial charge in [0, 0.05) is 7.05 Å². The molecule has 0 bridgehead atoms. The van der Waals surface area contributed by atoms with E-state index in [2.05, 4.69) is 17.1 Å². The van der Waals surface area contributed by atoms with Crippen molar-refractivity contribution in [3.05, 3.63) is 62.4 Å². The van der Waals surface area contributed by atoms with Gasteiger partial charge >= 0.3 is 0 Å². The lowest BCUT2D eigenvalue weighted by atomic mass is 10.0. The summed E-state index contributed by atoms with van der Waals surface area (Å²) >= 11 is 7.74. The summed E-state index contributed by atoms with van der Waals surface area (Å²) in [6.45, 7) is 6.08. The molecule has 0 aliphatic carbocycles. The van der Waals surface area contributed by atoms with E-state index in [1.165, 1.54) is 11.3 Å². The summed E-state index contributed by atoms with van der Waals surface area (Å²) in [7, 11) is 1.92. The Morgan fingerprint density at radius 3 is 2.58 bits per heavy atom. The number of aromatic nitrogens is 1. The molecule has 0 N–H and O–H groups in total. The van der Waals surface area contributed by atoms with Crippen molar-refractivity contribution in [3.63, 3.8) is 0 Å². The van der Waals surface area contributed by atoms with Gasteiger partial charge in [-0.15, -0.1) is 0 Å². The molecule has 1 amide bonds. The zero-order chi connectivity index (χ0) is 17.4. The molecule has 1 aromatic heterocycles. The molecule has 0 radical (unpaired) electrons. The van der Waals surface area contributed by atoms with E-state index in [-0.39, 0.29) is 5.91 Å². The number of rotatable bonds is 2. The van der Waals surface area contributed by atoms with Gasteiger partial charge in [0.1, 0.15) is 0 Å². The molecule has 0 unspecified atom stereocenters. The number of hydrogen-bond acceptors (Lipinski definition) is 2. The summed E-state index contributed by atoms with van der Waals surface area (Å²) in [5, 5.41) is 0.694. The Bertz CT molecular complexity index is 1010. The molecular weight excluding hydrogens is 340 g/mol. The van der Waals surface area contributed by atoms with Crippen molar-refractivity contribution >= 4 is 39.1 Å². The lowest BCUT2D eigenvalue weighted by molar-refractivity contribution is -0.117. The molecule has 0 saturated heterocycles. The molecule has 3 nitrogen and oxygen atoms in total. The van der Waals surface area contributed by atoms with Crippen LogP contribution in [-0.2, 0) is 18.3 Å². The van der Waals surface area contributed by atoms with Gasteiger partial charge in [0.05, 0.1) is 21.7 Å². The lowest BCUT2D eigenvalue weighted by Crippen LogP contribution is -2.14. The van der Waals surface area contributed by atoms with Crippen molar-refractivity contribution in [3.8, 4) is 0 Å². The van der Waals surface area contributed by atoms with Crippen molar-refractivity contribution in [1.29, 1.82) is 0 Å². The number of hydrogen-bond donors (Lipinski definition) is 0. The van der Waals surface area contributed by atoms with E-state index in [9.17, 15) is 4.79 Å². The molecule has 5 heteroatoms. The van der Waals surface area contributed by atoms with E-state index in [1.54, 1.807) is 0 Å². The third-order valence-electron chi connectivity index (χ3n) is 4.17. The molecule has 1 heterocycles. The Hall–Kier alpha value is -1.91. The second kappa shape index (κ2) is 6.54. The normalized spacial score (nSPS) is 12.1. The number of amides is 1. The second-order valence-electron chi connectivity index (χ2n) is 6.10. The maximum atomic E-state index is 12.4. The van der Waals surface area contributed by atoms with E-state index in [0.29, 0.717) is 16.2 Å². The topological polar surface area (TPSA) is 34.4 Å². The highest BCUT2D eigenvalue weighted by atomic mass is 35.5. The molecule has 0 fully saturated rings. The Labute approximate surface area is 150 Å². The molecule has 24 heavy (non-hydrogen) atoms. The van der Waals surface area contributed by atoms with Gasteiger partial charge < -0.3 is 4.57 Å². The first-order chi connectivity index (χ1) is 11.4. The number of thiazole rings is 1. The van der Waals surface area contributed by atoms with Crippen LogP contribution in [0.4, 0.5) is 0 Å². The largest absolute Gasteiger partial charge is 0.319 e. The van der Waals surface area contributed by atoms with Gasteiger partial charge in [0.25, 0.3) is 5.91 Å². The third-order valence-corrected chi connectivity index (χ3v) is 5.76. The Morgan fingerprint density at radius 1 is 1.17 bits per heavy atom. The van der Waals surface area contributed by atoms with Gasteiger partial charge in [-0.05, 0) is 43.5 Å². The maximum Gasteiger partial charge on any atom is 0.252 e. The lowest BCUT2D eigenvalue weighted by Gasteiger charge is -2.04. The van der Waals surface area contributed by atoms with Crippen LogP contribution in [0.25, 0.3) is 10.2 Å². The third kappa shape index (κ3) is 3.17. The van der Waals surface area contributed by atoms with Crippen LogP contribution in [0.2, 0.25) is 5.02 Å². The molecule has 0 aliphatic rings. The summed E-state index contributed by atoms with van der Waals surface area (Å²) in [6, 6.07) is 10.0. The average Bonchev–Trinajstić information content (AvgIpc) is 2.85. The van der Waals surface area contributed by atoms with Crippen LogP contribution in [0.15, 0.2) is 35.3 Å². The number of benzene rings is 2. The number of aryl methyl sites for hydroxylation is 4. The highest BCUT2D eigenvalue weighted by Crippen LogP contribution is 2.28. The summed E-state index contributed by atoms with van der Waals surface area (Å²) in [6.07, 6.45) is 0.314. The monoisotopic (exact) mass is 358 g/mol. The van der Waals surface area contributed by atoms with Crippen molar-refractivity contribution < 1.29 is 4.79 Å². The molecule has 0 atom stereocenters. The molecular formula is C19H19ClN2OS. The van der Waals surface area contributed by atoms with Crippen molar-refractivity contribution in [2.24, 2.45) is 12.0 Å². The van der Waals surface area contributed by atoms with Gasteiger partial charge in [-0.25, -0.2) is 0 Å². The number of nitrogens with zero attached hydrogens (tertiary/aromatic N) is 2. The minimum Gasteiger partial charge on any atom is -0.319 e. The average molecular weight is 359 g/mol. The van der Waals surface area contributed by atoms with Crippen LogP contribution in [-0.4, -0.2) is 10.5 Å². The fraction of sp³-hybridized carbons (Fsp3) is 0.263. The standard InChI is InChI=1S/C19H19ClN2OS/c1-11-5-6-12(2)14(9-11)10-16(23)21-19-22(4)17-13(3)7-8-15(20)18(17)24-19/h5-9H,10H2,1-4H3. The SMILES string of the molecule is Cc1ccc(C)c(CC(=O)N=c2sc3c(Cl)ccc(C)c3n2C)c1. The molecule has 0 aliphatic heterocycles. The zero-order valence-electron chi connectivity index (χ0n) is 14.2.